The summed E-state index contributed by atoms with van der Waals surface area (Å²) in [6, 6.07) is 49.5. The number of ether oxygens (including phenoxy) is 16. The summed E-state index contributed by atoms with van der Waals surface area (Å²) >= 11 is 25.5. The molecule has 141 heavy (non-hydrogen) atoms. The largest absolute Gasteiger partial charge is 0.456 e. The molecule has 12 rings (SSSR count). The normalized spacial score (nSPS) is 24.6. The van der Waals surface area contributed by atoms with Crippen LogP contribution in [0.15, 0.2) is 158 Å². The zero-order valence-electron chi connectivity index (χ0n) is 82.2. The molecular formula is C104H123Cl4NO31Si. The molecule has 32 nitrogen and oxygen atoms in total. The average Bonchev–Trinajstić information content (AvgIpc) is 0.812. The second-order valence-electron chi connectivity index (χ2n) is 35.4. The van der Waals surface area contributed by atoms with E-state index in [0.29, 0.717) is 75.8 Å². The Labute approximate surface area is 841 Å². The second-order valence-corrected chi connectivity index (χ2v) is 41.3. The maximum absolute atomic E-state index is 12.3. The summed E-state index contributed by atoms with van der Waals surface area (Å²) in [6.07, 6.45) is -15.9. The van der Waals surface area contributed by atoms with Gasteiger partial charge in [0.1, 0.15) is 24.4 Å². The third-order valence-corrected chi connectivity index (χ3v) is 30.2. The first-order valence-electron chi connectivity index (χ1n) is 46.2. The van der Waals surface area contributed by atoms with Crippen LogP contribution in [0, 0.1) is 0 Å². The van der Waals surface area contributed by atoms with Crippen LogP contribution >= 0.6 is 46.4 Å². The van der Waals surface area contributed by atoms with Crippen molar-refractivity contribution in [3.8, 4) is 0 Å². The molecule has 4 saturated heterocycles. The number of rotatable bonds is 29. The molecule has 5 aliphatic heterocycles. The highest BCUT2D eigenvalue weighted by molar-refractivity contribution is 6.99. The summed E-state index contributed by atoms with van der Waals surface area (Å²) < 4.78 is 98.4. The molecule has 4 fully saturated rings. The first-order valence-corrected chi connectivity index (χ1v) is 49.6. The summed E-state index contributed by atoms with van der Waals surface area (Å²) in [7, 11) is -2.88. The van der Waals surface area contributed by atoms with Gasteiger partial charge in [0.2, 0.25) is 0 Å². The Morgan fingerprint density at radius 3 is 0.865 bits per heavy atom. The lowest BCUT2D eigenvalue weighted by atomic mass is 9.89. The number of aliphatic hydroxyl groups is 1. The molecule has 0 aliphatic carbocycles. The molecule has 7 aromatic carbocycles. The molecule has 20 atom stereocenters. The lowest BCUT2D eigenvalue weighted by Gasteiger charge is -2.45. The quantitative estimate of drug-likeness (QED) is 0.0197. The molecular weight excluding hydrogens is 1930 g/mol. The number of esters is 12. The minimum Gasteiger partial charge on any atom is -0.456 e. The number of halogens is 4. The lowest BCUT2D eigenvalue weighted by Crippen LogP contribution is -2.66. The van der Waals surface area contributed by atoms with Crippen molar-refractivity contribution in [2.45, 2.75) is 317 Å². The predicted molar refractivity (Wildman–Crippen MR) is 517 cm³/mol. The van der Waals surface area contributed by atoms with Crippen LogP contribution in [0.4, 0.5) is 0 Å². The fourth-order valence-corrected chi connectivity index (χ4v) is 23.4. The van der Waals surface area contributed by atoms with Crippen LogP contribution in [0.3, 0.4) is 0 Å². The number of fused-ring (bicyclic) bond motifs is 1. The Bertz CT molecular complexity index is 5480. The minimum absolute atomic E-state index is 0.200. The van der Waals surface area contributed by atoms with Crippen molar-refractivity contribution in [3.63, 3.8) is 0 Å². The Hall–Kier alpha value is -11.1. The molecule has 5 heterocycles. The molecule has 0 spiro atoms. The lowest BCUT2D eigenvalue weighted by molar-refractivity contribution is -0.249. The topological polar surface area (TPSA) is 402 Å². The van der Waals surface area contributed by atoms with E-state index in [2.05, 4.69) is 62.1 Å². The van der Waals surface area contributed by atoms with Crippen LogP contribution in [-0.4, -0.2) is 194 Å². The van der Waals surface area contributed by atoms with Crippen LogP contribution in [0.1, 0.15) is 242 Å². The highest BCUT2D eigenvalue weighted by Gasteiger charge is 2.57. The summed E-state index contributed by atoms with van der Waals surface area (Å²) in [5.74, 6) is -7.17. The maximum Gasteiger partial charge on any atom is 0.303 e. The van der Waals surface area contributed by atoms with Crippen LogP contribution in [0.25, 0.3) is 0 Å². The van der Waals surface area contributed by atoms with E-state index in [-0.39, 0.29) is 28.8 Å². The molecule has 0 aromatic heterocycles. The molecule has 37 heteroatoms. The van der Waals surface area contributed by atoms with Crippen molar-refractivity contribution >= 4 is 143 Å². The second kappa shape index (κ2) is 52.3. The van der Waals surface area contributed by atoms with Crippen LogP contribution in [0.5, 0.6) is 0 Å². The van der Waals surface area contributed by atoms with Gasteiger partial charge in [-0.1, -0.05) is 210 Å². The first kappa shape index (κ1) is 114. The van der Waals surface area contributed by atoms with E-state index in [9.17, 15) is 67.4 Å². The van der Waals surface area contributed by atoms with Crippen LogP contribution in [-0.2, 0) is 171 Å². The average molecular weight is 2050 g/mol. The van der Waals surface area contributed by atoms with Gasteiger partial charge in [-0.15, -0.1) is 0 Å². The molecule has 5 aliphatic rings. The van der Waals surface area contributed by atoms with Gasteiger partial charge >= 0.3 is 71.6 Å². The number of carbonyl (C=O) groups excluding carboxylic acids is 13. The van der Waals surface area contributed by atoms with Crippen molar-refractivity contribution in [1.29, 1.82) is 0 Å². The first-order chi connectivity index (χ1) is 66.8. The Morgan fingerprint density at radius 1 is 0.340 bits per heavy atom. The molecule has 0 unspecified atom stereocenters. The van der Waals surface area contributed by atoms with Gasteiger partial charge in [-0.25, -0.2) is 0 Å². The number of aliphatic hydroxyl groups excluding tert-OH is 1. The Kier molecular flexibility index (Phi) is 42.1. The fraction of sp³-hybridized carbons (Fsp3) is 0.471. The van der Waals surface area contributed by atoms with E-state index in [1.807, 2.05) is 94.4 Å². The third kappa shape index (κ3) is 30.1. The molecule has 0 radical (unpaired) electrons. The molecule has 0 bridgehead atoms. The molecule has 762 valence electrons. The van der Waals surface area contributed by atoms with Gasteiger partial charge in [0.25, 0.3) is 8.32 Å². The van der Waals surface area contributed by atoms with Gasteiger partial charge in [-0.3, -0.25) is 67.2 Å². The van der Waals surface area contributed by atoms with Gasteiger partial charge in [0.05, 0.1) is 42.7 Å². The van der Waals surface area contributed by atoms with Crippen molar-refractivity contribution in [1.82, 2.24) is 4.90 Å². The van der Waals surface area contributed by atoms with Crippen molar-refractivity contribution in [3.05, 3.63) is 233 Å². The van der Waals surface area contributed by atoms with E-state index in [1.54, 1.807) is 42.5 Å². The minimum atomic E-state index is -2.88. The zero-order chi connectivity index (χ0) is 104. The molecule has 0 saturated carbocycles. The van der Waals surface area contributed by atoms with Gasteiger partial charge in [-0.2, -0.15) is 0 Å². The molecule has 1 N–H and O–H groups in total. The summed E-state index contributed by atoms with van der Waals surface area (Å²) in [4.78, 5) is 157. The number of nitrogens with zero attached hydrogens (tertiary/aromatic N) is 1. The number of benzene rings is 7. The number of carbonyl (C=O) groups is 13. The standard InChI is InChI=1S/C36H43ClO8Si.C28H32ClNO7.C20H25ClO8.C20H23ClO8/c1-8-31-33(42-23(2)38)35(44-25(4)40)34(43-24(3)39)32(45-31)26-19-20-30(37)27(21-26)22-41-46(36(5,6)7,28-15-11-9-12-16-28)29-17-13-10-14-18-29;1-5-24-26(34-16(2)31)28(36-18(4)33)27(35-17(3)32)25(37-24)19-10-11-23(29)22(12-19)15-30-13-20-8-6-7-9-21(20)14-30;2*1-5-16-18(26-10(2)23)20(28-12(4)25)19(27-11(3)24)17(29-16)13-6-7-15(21)14(8-13)9-22/h9-21,31-35H,8,22H2,1-7H3;6-12,24-28H,5,13-15H2,1-4H3;6-8,16-20,22H,5,9H2,1-4H3;6-9,16-20H,5H2,1-4H3/t31-,32+,33-,34+,35+;24-,25+,26-,27+,28+;2*16-,17+,18-,19+,20+/m1111/s1. The van der Waals surface area contributed by atoms with E-state index in [0.717, 1.165) is 40.2 Å². The third-order valence-electron chi connectivity index (χ3n) is 23.8. The van der Waals surface area contributed by atoms with E-state index < -0.39 is 202 Å². The van der Waals surface area contributed by atoms with Crippen LogP contribution < -0.4 is 10.4 Å². The fourth-order valence-electron chi connectivity index (χ4n) is 18.2. The van der Waals surface area contributed by atoms with E-state index >= 15 is 0 Å². The van der Waals surface area contributed by atoms with Gasteiger partial charge in [0.15, 0.2) is 79.5 Å². The number of hydrogen-bond acceptors (Lipinski definition) is 32. The summed E-state index contributed by atoms with van der Waals surface area (Å²) in [5.41, 5.74) is 7.35. The maximum atomic E-state index is 12.3. The smallest absolute Gasteiger partial charge is 0.303 e. The van der Waals surface area contributed by atoms with Crippen molar-refractivity contribution in [2.75, 3.05) is 0 Å². The number of aldehydes is 1. The highest BCUT2D eigenvalue weighted by Crippen LogP contribution is 2.47. The predicted octanol–water partition coefficient (Wildman–Crippen LogP) is 15.8. The summed E-state index contributed by atoms with van der Waals surface area (Å²) in [5, 5.41) is 13.3. The molecule has 0 amide bonds. The Balaban J connectivity index is 0.000000214. The van der Waals surface area contributed by atoms with E-state index in [4.69, 9.17) is 127 Å². The monoisotopic (exact) mass is 2050 g/mol. The summed E-state index contributed by atoms with van der Waals surface area (Å²) in [6.45, 7) is 31.1. The van der Waals surface area contributed by atoms with E-state index in [1.165, 1.54) is 106 Å². The highest BCUT2D eigenvalue weighted by atomic mass is 35.5. The zero-order valence-corrected chi connectivity index (χ0v) is 86.2. The van der Waals surface area contributed by atoms with Crippen molar-refractivity contribution in [2.24, 2.45) is 0 Å². The van der Waals surface area contributed by atoms with Gasteiger partial charge in [0, 0.05) is 123 Å². The van der Waals surface area contributed by atoms with Gasteiger partial charge in [-0.05, 0) is 134 Å². The number of hydrogen-bond donors (Lipinski definition) is 1. The Morgan fingerprint density at radius 2 is 0.589 bits per heavy atom. The van der Waals surface area contributed by atoms with Crippen molar-refractivity contribution < 1.29 is 148 Å². The SMILES string of the molecule is CC[C@H]1O[C@@H](c2ccc(Cl)c(C=O)c2)[C@H](OC(C)=O)[C@@H](OC(C)=O)[C@@H]1OC(C)=O.CC[C@H]1O[C@@H](c2ccc(Cl)c(CN3Cc4ccccc4C3)c2)[C@H](OC(C)=O)[C@@H](OC(C)=O)[C@@H]1OC(C)=O.CC[C@H]1O[C@@H](c2ccc(Cl)c(CO)c2)[C@H](OC(C)=O)[C@@H](OC(C)=O)[C@@H]1OC(C)=O.CC[C@H]1O[C@@H](c2ccc(Cl)c(CO[Si](c3ccccc3)(c3ccccc3)C(C)(C)C)c2)[C@H](OC(C)=O)[C@@H](OC(C)=O)[C@@H]1OC(C)=O. The van der Waals surface area contributed by atoms with Crippen LogP contribution in [0.2, 0.25) is 25.1 Å². The molecule has 7 aromatic rings. The van der Waals surface area contributed by atoms with Gasteiger partial charge < -0.3 is 85.3 Å².